The number of aryl methyl sites for hydroxylation is 1. The third-order valence-electron chi connectivity index (χ3n) is 1.78. The van der Waals surface area contributed by atoms with Crippen LogP contribution in [-0.2, 0) is 0 Å². The molecule has 2 aromatic rings. The van der Waals surface area contributed by atoms with E-state index >= 15 is 0 Å². The Hall–Kier alpha value is -2.18. The van der Waals surface area contributed by atoms with E-state index in [2.05, 4.69) is 19.9 Å². The van der Waals surface area contributed by atoms with Crippen molar-refractivity contribution in [2.75, 3.05) is 11.5 Å². The molecule has 0 aliphatic heterocycles. The highest BCUT2D eigenvalue weighted by Gasteiger charge is 2.06. The highest BCUT2D eigenvalue weighted by molar-refractivity contribution is 5.81. The van der Waals surface area contributed by atoms with E-state index in [1.54, 1.807) is 6.92 Å². The van der Waals surface area contributed by atoms with Gasteiger partial charge in [-0.15, -0.1) is 0 Å². The van der Waals surface area contributed by atoms with Gasteiger partial charge >= 0.3 is 0 Å². The number of nitrogens with one attached hydrogen (secondary N) is 1. The van der Waals surface area contributed by atoms with Crippen LogP contribution in [-0.4, -0.2) is 19.9 Å². The van der Waals surface area contributed by atoms with Gasteiger partial charge < -0.3 is 16.5 Å². The van der Waals surface area contributed by atoms with Gasteiger partial charge in [-0.1, -0.05) is 0 Å². The second-order valence-electron chi connectivity index (χ2n) is 2.82. The van der Waals surface area contributed by atoms with E-state index in [-0.39, 0.29) is 17.3 Å². The third kappa shape index (κ3) is 1.15. The van der Waals surface area contributed by atoms with Crippen molar-refractivity contribution >= 4 is 22.9 Å². The minimum atomic E-state index is -0.308. The lowest BCUT2D eigenvalue weighted by Gasteiger charge is -2.01. The molecular formula is C7H8N6O. The quantitative estimate of drug-likeness (QED) is 0.501. The number of nitrogens with two attached hydrogens (primary N) is 2. The molecule has 0 aliphatic rings. The molecule has 0 aliphatic carbocycles. The minimum absolute atomic E-state index is 0.0361. The fourth-order valence-corrected chi connectivity index (χ4v) is 1.10. The molecule has 2 heterocycles. The van der Waals surface area contributed by atoms with Gasteiger partial charge in [0.1, 0.15) is 11.2 Å². The zero-order valence-corrected chi connectivity index (χ0v) is 7.40. The predicted molar refractivity (Wildman–Crippen MR) is 51.5 cm³/mol. The maximum absolute atomic E-state index is 11.2. The third-order valence-corrected chi connectivity index (χ3v) is 1.78. The molecule has 0 atom stereocenters. The molecule has 5 N–H and O–H groups in total. The first-order valence-corrected chi connectivity index (χ1v) is 3.87. The van der Waals surface area contributed by atoms with Crippen LogP contribution < -0.4 is 17.0 Å². The van der Waals surface area contributed by atoms with Gasteiger partial charge in [0.15, 0.2) is 11.5 Å². The number of hydrogen-bond acceptors (Lipinski definition) is 6. The Bertz CT molecular complexity index is 560. The summed E-state index contributed by atoms with van der Waals surface area (Å²) in [7, 11) is 0. The van der Waals surface area contributed by atoms with Crippen LogP contribution in [0.1, 0.15) is 5.69 Å². The monoisotopic (exact) mass is 192 g/mol. The topological polar surface area (TPSA) is 124 Å². The maximum atomic E-state index is 11.2. The Labute approximate surface area is 78.2 Å². The van der Waals surface area contributed by atoms with Crippen LogP contribution in [0.15, 0.2) is 4.79 Å². The largest absolute Gasteiger partial charge is 0.382 e. The van der Waals surface area contributed by atoms with Gasteiger partial charge in [-0.2, -0.15) is 9.97 Å². The normalized spacial score (nSPS) is 10.6. The molecule has 0 bridgehead atoms. The van der Waals surface area contributed by atoms with Crippen LogP contribution in [0.2, 0.25) is 0 Å². The molecular weight excluding hydrogens is 184 g/mol. The number of H-pyrrole nitrogens is 1. The van der Waals surface area contributed by atoms with Crippen molar-refractivity contribution in [3.05, 3.63) is 16.0 Å². The zero-order chi connectivity index (χ0) is 10.3. The first kappa shape index (κ1) is 8.42. The number of fused-ring (bicyclic) bond motifs is 1. The number of rotatable bonds is 0. The molecule has 2 rings (SSSR count). The molecule has 0 saturated carbocycles. The average Bonchev–Trinajstić information content (AvgIpc) is 2.08. The van der Waals surface area contributed by atoms with Crippen LogP contribution in [0.4, 0.5) is 11.8 Å². The predicted octanol–water partition coefficient (Wildman–Crippen LogP) is -0.814. The highest BCUT2D eigenvalue weighted by Crippen LogP contribution is 2.11. The maximum Gasteiger partial charge on any atom is 0.270 e. The number of hydrogen-bond donors (Lipinski definition) is 3. The zero-order valence-electron chi connectivity index (χ0n) is 7.40. The standard InChI is InChI=1S/C7H8N6O/c1-2-6(14)11-3-4(8)12-7(9)13-5(3)10-2/h1H3,(H,11,14)(H4,8,9,10,12,13). The lowest BCUT2D eigenvalue weighted by molar-refractivity contribution is 1.08. The van der Waals surface area contributed by atoms with Gasteiger partial charge in [0.2, 0.25) is 5.95 Å². The number of aromatic amines is 1. The van der Waals surface area contributed by atoms with Gasteiger partial charge in [0.25, 0.3) is 5.56 Å². The molecule has 0 fully saturated rings. The van der Waals surface area contributed by atoms with Crippen LogP contribution in [0.5, 0.6) is 0 Å². The molecule has 7 heteroatoms. The van der Waals surface area contributed by atoms with Crippen molar-refractivity contribution in [2.24, 2.45) is 0 Å². The van der Waals surface area contributed by atoms with Crippen molar-refractivity contribution in [3.63, 3.8) is 0 Å². The fourth-order valence-electron chi connectivity index (χ4n) is 1.10. The summed E-state index contributed by atoms with van der Waals surface area (Å²) in [5.74, 6) is 0.158. The second-order valence-corrected chi connectivity index (χ2v) is 2.82. The molecule has 0 spiro atoms. The van der Waals surface area contributed by atoms with Gasteiger partial charge in [-0.25, -0.2) is 4.98 Å². The van der Waals surface area contributed by atoms with Gasteiger partial charge in [-0.3, -0.25) is 4.79 Å². The number of aromatic nitrogens is 4. The van der Waals surface area contributed by atoms with E-state index < -0.39 is 0 Å². The molecule has 0 aromatic carbocycles. The highest BCUT2D eigenvalue weighted by atomic mass is 16.1. The summed E-state index contributed by atoms with van der Waals surface area (Å²) in [4.78, 5) is 25.2. The summed E-state index contributed by atoms with van der Waals surface area (Å²) in [5, 5.41) is 0. The summed E-state index contributed by atoms with van der Waals surface area (Å²) in [6, 6.07) is 0. The van der Waals surface area contributed by atoms with E-state index in [1.807, 2.05) is 0 Å². The molecule has 0 amide bonds. The van der Waals surface area contributed by atoms with Gasteiger partial charge in [0.05, 0.1) is 0 Å². The average molecular weight is 192 g/mol. The van der Waals surface area contributed by atoms with Crippen LogP contribution in [0.25, 0.3) is 11.2 Å². The Balaban J connectivity index is 2.96. The first-order valence-electron chi connectivity index (χ1n) is 3.87. The fraction of sp³-hybridized carbons (Fsp3) is 0.143. The smallest absolute Gasteiger partial charge is 0.270 e. The van der Waals surface area contributed by atoms with Crippen molar-refractivity contribution in [1.82, 2.24) is 19.9 Å². The number of nitrogen functional groups attached to an aromatic ring is 2. The van der Waals surface area contributed by atoms with Crippen molar-refractivity contribution in [1.29, 1.82) is 0 Å². The Kier molecular flexibility index (Phi) is 1.60. The van der Waals surface area contributed by atoms with E-state index in [0.717, 1.165) is 0 Å². The van der Waals surface area contributed by atoms with E-state index in [0.29, 0.717) is 16.9 Å². The lowest BCUT2D eigenvalue weighted by Crippen LogP contribution is -2.14. The van der Waals surface area contributed by atoms with Crippen molar-refractivity contribution in [3.8, 4) is 0 Å². The Morgan fingerprint density at radius 2 is 1.93 bits per heavy atom. The van der Waals surface area contributed by atoms with E-state index in [1.165, 1.54) is 0 Å². The molecule has 0 radical (unpaired) electrons. The summed E-state index contributed by atoms with van der Waals surface area (Å²) < 4.78 is 0. The summed E-state index contributed by atoms with van der Waals surface area (Å²) in [5.41, 5.74) is 11.5. The Morgan fingerprint density at radius 1 is 1.21 bits per heavy atom. The molecule has 0 saturated heterocycles. The summed E-state index contributed by atoms with van der Waals surface area (Å²) in [6.45, 7) is 1.58. The summed E-state index contributed by atoms with van der Waals surface area (Å²) >= 11 is 0. The molecule has 2 aromatic heterocycles. The lowest BCUT2D eigenvalue weighted by atomic mass is 10.4. The van der Waals surface area contributed by atoms with E-state index in [4.69, 9.17) is 11.5 Å². The molecule has 0 unspecified atom stereocenters. The molecule has 14 heavy (non-hydrogen) atoms. The van der Waals surface area contributed by atoms with E-state index in [9.17, 15) is 4.79 Å². The van der Waals surface area contributed by atoms with Gasteiger partial charge in [0, 0.05) is 0 Å². The Morgan fingerprint density at radius 3 is 2.64 bits per heavy atom. The molecule has 72 valence electrons. The number of nitrogens with zero attached hydrogens (tertiary/aromatic N) is 3. The van der Waals surface area contributed by atoms with Crippen molar-refractivity contribution < 1.29 is 0 Å². The SMILES string of the molecule is Cc1nc2nc(N)nc(N)c2[nH]c1=O. The van der Waals surface area contributed by atoms with Crippen LogP contribution in [0, 0.1) is 6.92 Å². The van der Waals surface area contributed by atoms with Crippen LogP contribution in [0.3, 0.4) is 0 Å². The molecule has 7 nitrogen and oxygen atoms in total. The first-order chi connectivity index (χ1) is 6.58. The number of anilines is 2. The van der Waals surface area contributed by atoms with Crippen LogP contribution >= 0.6 is 0 Å². The van der Waals surface area contributed by atoms with Gasteiger partial charge in [-0.05, 0) is 6.92 Å². The minimum Gasteiger partial charge on any atom is -0.382 e. The second kappa shape index (κ2) is 2.66. The summed E-state index contributed by atoms with van der Waals surface area (Å²) in [6.07, 6.45) is 0. The van der Waals surface area contributed by atoms with Crippen molar-refractivity contribution in [2.45, 2.75) is 6.92 Å².